The molecule has 1 fully saturated rings. The van der Waals surface area contributed by atoms with Gasteiger partial charge in [0.15, 0.2) is 0 Å². The van der Waals surface area contributed by atoms with E-state index in [1.165, 1.54) is 0 Å². The third kappa shape index (κ3) is 3.12. The second-order valence-electron chi connectivity index (χ2n) is 5.19. The Kier molecular flexibility index (Phi) is 3.83. The minimum Gasteiger partial charge on any atom is -0.481 e. The fourth-order valence-corrected chi connectivity index (χ4v) is 1.88. The molecule has 2 atom stereocenters. The molecular weight excluding hydrogens is 242 g/mol. The maximum Gasteiger partial charge on any atom is 0.411 e. The van der Waals surface area contributed by atoms with E-state index in [4.69, 9.17) is 14.9 Å². The van der Waals surface area contributed by atoms with Gasteiger partial charge in [0.1, 0.15) is 11.6 Å². The second-order valence-corrected chi connectivity index (χ2v) is 5.19. The number of carbonyl (C=O) groups is 3. The predicted molar refractivity (Wildman–Crippen MR) is 60.1 cm³/mol. The van der Waals surface area contributed by atoms with E-state index in [0.29, 0.717) is 0 Å². The molecular formula is C11H17NO6. The van der Waals surface area contributed by atoms with Crippen molar-refractivity contribution in [2.24, 2.45) is 5.92 Å². The van der Waals surface area contributed by atoms with Gasteiger partial charge in [0.25, 0.3) is 0 Å². The molecule has 1 heterocycles. The van der Waals surface area contributed by atoms with Gasteiger partial charge in [-0.3, -0.25) is 9.69 Å². The van der Waals surface area contributed by atoms with Crippen LogP contribution in [-0.2, 0) is 14.3 Å². The summed E-state index contributed by atoms with van der Waals surface area (Å²) in [4.78, 5) is 34.8. The zero-order chi connectivity index (χ0) is 14.1. The van der Waals surface area contributed by atoms with Gasteiger partial charge in [0.05, 0.1) is 5.92 Å². The van der Waals surface area contributed by atoms with Gasteiger partial charge in [-0.2, -0.15) is 0 Å². The third-order valence-electron chi connectivity index (χ3n) is 2.60. The Morgan fingerprint density at radius 2 is 1.72 bits per heavy atom. The first-order chi connectivity index (χ1) is 8.13. The molecule has 1 rings (SSSR count). The van der Waals surface area contributed by atoms with Gasteiger partial charge in [0, 0.05) is 6.54 Å². The number of carboxylic acids is 2. The zero-order valence-electron chi connectivity index (χ0n) is 10.5. The first kappa shape index (κ1) is 14.3. The maximum absolute atomic E-state index is 11.8. The molecule has 0 aromatic heterocycles. The molecule has 0 saturated carbocycles. The van der Waals surface area contributed by atoms with Gasteiger partial charge in [-0.15, -0.1) is 0 Å². The van der Waals surface area contributed by atoms with Crippen molar-refractivity contribution < 1.29 is 29.3 Å². The molecule has 2 N–H and O–H groups in total. The van der Waals surface area contributed by atoms with E-state index in [2.05, 4.69) is 0 Å². The van der Waals surface area contributed by atoms with Crippen molar-refractivity contribution in [3.8, 4) is 0 Å². The molecule has 0 radical (unpaired) electrons. The van der Waals surface area contributed by atoms with Crippen LogP contribution in [0.2, 0.25) is 0 Å². The van der Waals surface area contributed by atoms with Gasteiger partial charge in [-0.1, -0.05) is 0 Å². The first-order valence-electron chi connectivity index (χ1n) is 5.58. The van der Waals surface area contributed by atoms with Crippen LogP contribution in [0.15, 0.2) is 0 Å². The third-order valence-corrected chi connectivity index (χ3v) is 2.60. The molecule has 18 heavy (non-hydrogen) atoms. The van der Waals surface area contributed by atoms with Crippen LogP contribution >= 0.6 is 0 Å². The summed E-state index contributed by atoms with van der Waals surface area (Å²) in [7, 11) is 0. The number of hydrogen-bond acceptors (Lipinski definition) is 4. The van der Waals surface area contributed by atoms with Crippen LogP contribution in [0.4, 0.5) is 4.79 Å². The van der Waals surface area contributed by atoms with Crippen molar-refractivity contribution in [2.45, 2.75) is 38.8 Å². The number of hydrogen-bond donors (Lipinski definition) is 2. The summed E-state index contributed by atoms with van der Waals surface area (Å²) in [5, 5.41) is 18.0. The van der Waals surface area contributed by atoms with E-state index in [9.17, 15) is 14.4 Å². The number of carboxylic acid groups (broad SMARTS) is 2. The largest absolute Gasteiger partial charge is 0.481 e. The molecule has 0 unspecified atom stereocenters. The molecule has 7 heteroatoms. The number of carbonyl (C=O) groups excluding carboxylic acids is 1. The average molecular weight is 259 g/mol. The number of aliphatic carboxylic acids is 2. The molecule has 1 amide bonds. The lowest BCUT2D eigenvalue weighted by Crippen LogP contribution is -2.46. The van der Waals surface area contributed by atoms with Crippen LogP contribution in [0.25, 0.3) is 0 Å². The van der Waals surface area contributed by atoms with Crippen LogP contribution in [0.5, 0.6) is 0 Å². The molecule has 0 spiro atoms. The van der Waals surface area contributed by atoms with E-state index in [-0.39, 0.29) is 13.0 Å². The van der Waals surface area contributed by atoms with E-state index in [0.717, 1.165) is 4.90 Å². The van der Waals surface area contributed by atoms with Crippen molar-refractivity contribution in [2.75, 3.05) is 6.54 Å². The molecule has 1 aliphatic rings. The van der Waals surface area contributed by atoms with Crippen LogP contribution in [0.1, 0.15) is 27.2 Å². The Bertz CT molecular complexity index is 372. The summed E-state index contributed by atoms with van der Waals surface area (Å²) in [6.45, 7) is 5.05. The Morgan fingerprint density at radius 3 is 2.11 bits per heavy atom. The van der Waals surface area contributed by atoms with Crippen molar-refractivity contribution in [1.82, 2.24) is 4.90 Å². The summed E-state index contributed by atoms with van der Waals surface area (Å²) >= 11 is 0. The average Bonchev–Trinajstić information content (AvgIpc) is 2.58. The van der Waals surface area contributed by atoms with Gasteiger partial charge < -0.3 is 14.9 Å². The molecule has 0 bridgehead atoms. The van der Waals surface area contributed by atoms with Gasteiger partial charge in [-0.05, 0) is 27.2 Å². The lowest BCUT2D eigenvalue weighted by atomic mass is 10.0. The predicted octanol–water partition coefficient (Wildman–Crippen LogP) is 0.781. The zero-order valence-corrected chi connectivity index (χ0v) is 10.5. The fourth-order valence-electron chi connectivity index (χ4n) is 1.88. The number of rotatable bonds is 2. The Morgan fingerprint density at radius 1 is 1.17 bits per heavy atom. The molecule has 1 saturated heterocycles. The Balaban J connectivity index is 2.86. The highest BCUT2D eigenvalue weighted by atomic mass is 16.6. The van der Waals surface area contributed by atoms with Crippen LogP contribution in [0, 0.1) is 5.92 Å². The number of amides is 1. The van der Waals surface area contributed by atoms with Crippen molar-refractivity contribution in [3.63, 3.8) is 0 Å². The standard InChI is InChI=1S/C11H17NO6/c1-11(2,3)18-10(17)12-5-4-6(8(13)14)7(12)9(15)16/h6-7H,4-5H2,1-3H3,(H,13,14)(H,15,16)/t6-,7-/m1/s1. The van der Waals surface area contributed by atoms with E-state index < -0.39 is 35.6 Å². The van der Waals surface area contributed by atoms with Crippen molar-refractivity contribution >= 4 is 18.0 Å². The van der Waals surface area contributed by atoms with Gasteiger partial charge in [0.2, 0.25) is 0 Å². The van der Waals surface area contributed by atoms with E-state index in [1.54, 1.807) is 20.8 Å². The highest BCUT2D eigenvalue weighted by Gasteiger charge is 2.47. The van der Waals surface area contributed by atoms with E-state index in [1.807, 2.05) is 0 Å². The van der Waals surface area contributed by atoms with Crippen LogP contribution < -0.4 is 0 Å². The lowest BCUT2D eigenvalue weighted by Gasteiger charge is -2.27. The maximum atomic E-state index is 11.8. The molecule has 7 nitrogen and oxygen atoms in total. The fraction of sp³-hybridized carbons (Fsp3) is 0.727. The SMILES string of the molecule is CC(C)(C)OC(=O)N1CC[C@@H](C(=O)O)[C@@H]1C(=O)O. The monoisotopic (exact) mass is 259 g/mol. The topological polar surface area (TPSA) is 104 Å². The Hall–Kier alpha value is -1.79. The summed E-state index contributed by atoms with van der Waals surface area (Å²) < 4.78 is 5.06. The van der Waals surface area contributed by atoms with Crippen LogP contribution in [0.3, 0.4) is 0 Å². The molecule has 0 aliphatic carbocycles. The highest BCUT2D eigenvalue weighted by molar-refractivity contribution is 5.87. The minimum absolute atomic E-state index is 0.0723. The smallest absolute Gasteiger partial charge is 0.411 e. The number of likely N-dealkylation sites (tertiary alicyclic amines) is 1. The van der Waals surface area contributed by atoms with E-state index >= 15 is 0 Å². The molecule has 0 aromatic carbocycles. The Labute approximate surface area is 104 Å². The van der Waals surface area contributed by atoms with Crippen LogP contribution in [-0.4, -0.2) is 51.3 Å². The minimum atomic E-state index is -1.36. The second kappa shape index (κ2) is 4.83. The quantitative estimate of drug-likeness (QED) is 0.759. The summed E-state index contributed by atoms with van der Waals surface area (Å²) in [6, 6.07) is -1.36. The summed E-state index contributed by atoms with van der Waals surface area (Å²) in [6.07, 6.45) is -0.676. The summed E-state index contributed by atoms with van der Waals surface area (Å²) in [5.74, 6) is -3.63. The lowest BCUT2D eigenvalue weighted by molar-refractivity contribution is -0.151. The highest BCUT2D eigenvalue weighted by Crippen LogP contribution is 2.26. The van der Waals surface area contributed by atoms with Gasteiger partial charge in [-0.25, -0.2) is 9.59 Å². The number of nitrogens with zero attached hydrogens (tertiary/aromatic N) is 1. The molecule has 102 valence electrons. The normalized spacial score (nSPS) is 23.8. The molecule has 1 aliphatic heterocycles. The summed E-state index contributed by atoms with van der Waals surface area (Å²) in [5.41, 5.74) is -0.749. The molecule has 0 aromatic rings. The first-order valence-corrected chi connectivity index (χ1v) is 5.58. The van der Waals surface area contributed by atoms with Crippen molar-refractivity contribution in [3.05, 3.63) is 0 Å². The van der Waals surface area contributed by atoms with Crippen molar-refractivity contribution in [1.29, 1.82) is 0 Å². The van der Waals surface area contributed by atoms with Gasteiger partial charge >= 0.3 is 18.0 Å². The number of ether oxygens (including phenoxy) is 1.